The number of nitrogens with one attached hydrogen (secondary N) is 1. The molecule has 1 heterocycles. The molecule has 0 aromatic heterocycles. The third-order valence-corrected chi connectivity index (χ3v) is 4.07. The monoisotopic (exact) mass is 277 g/mol. The molecule has 1 atom stereocenters. The van der Waals surface area contributed by atoms with E-state index in [4.69, 9.17) is 9.47 Å². The number of ether oxygens (including phenoxy) is 2. The van der Waals surface area contributed by atoms with E-state index < -0.39 is 0 Å². The average molecular weight is 277 g/mol. The van der Waals surface area contributed by atoms with E-state index in [1.165, 1.54) is 11.1 Å². The Morgan fingerprint density at radius 1 is 1.35 bits per heavy atom. The molecule has 0 aliphatic carbocycles. The van der Waals surface area contributed by atoms with E-state index in [-0.39, 0.29) is 0 Å². The van der Waals surface area contributed by atoms with Crippen molar-refractivity contribution in [1.82, 2.24) is 5.32 Å². The van der Waals surface area contributed by atoms with Crippen LogP contribution in [0.3, 0.4) is 0 Å². The largest absolute Gasteiger partial charge is 0.496 e. The van der Waals surface area contributed by atoms with Crippen molar-refractivity contribution in [2.24, 2.45) is 5.92 Å². The average Bonchev–Trinajstić information content (AvgIpc) is 2.49. The highest BCUT2D eigenvalue weighted by Crippen LogP contribution is 2.35. The van der Waals surface area contributed by atoms with E-state index in [0.29, 0.717) is 12.0 Å². The first kappa shape index (κ1) is 15.3. The molecule has 1 N–H and O–H groups in total. The van der Waals surface area contributed by atoms with Crippen LogP contribution < -0.4 is 10.1 Å². The molecular weight excluding hydrogens is 250 g/mol. The predicted octanol–water partition coefficient (Wildman–Crippen LogP) is 3.47. The van der Waals surface area contributed by atoms with Crippen molar-refractivity contribution in [3.63, 3.8) is 0 Å². The third kappa shape index (κ3) is 3.74. The summed E-state index contributed by atoms with van der Waals surface area (Å²) in [5.41, 5.74) is 2.59. The Hall–Kier alpha value is -1.06. The van der Waals surface area contributed by atoms with Crippen molar-refractivity contribution >= 4 is 0 Å². The zero-order valence-electron chi connectivity index (χ0n) is 12.9. The third-order valence-electron chi connectivity index (χ3n) is 4.07. The van der Waals surface area contributed by atoms with Gasteiger partial charge in [0.25, 0.3) is 0 Å². The Labute approximate surface area is 122 Å². The standard InChI is InChI=1S/C17H27NO2/c1-4-9-18-17(14-7-10-20-11-8-14)15-12-13(2)5-6-16(15)19-3/h5-6,12,14,17-18H,4,7-11H2,1-3H3. The predicted molar refractivity (Wildman–Crippen MR) is 82.3 cm³/mol. The Balaban J connectivity index is 2.26. The second-order valence-electron chi connectivity index (χ2n) is 5.63. The molecule has 1 aliphatic rings. The summed E-state index contributed by atoms with van der Waals surface area (Å²) in [7, 11) is 1.76. The van der Waals surface area contributed by atoms with Crippen LogP contribution in [-0.4, -0.2) is 26.9 Å². The van der Waals surface area contributed by atoms with Gasteiger partial charge in [-0.3, -0.25) is 0 Å². The summed E-state index contributed by atoms with van der Waals surface area (Å²) >= 11 is 0. The maximum absolute atomic E-state index is 5.58. The van der Waals surface area contributed by atoms with Gasteiger partial charge in [0.05, 0.1) is 7.11 Å². The maximum Gasteiger partial charge on any atom is 0.123 e. The second-order valence-corrected chi connectivity index (χ2v) is 5.63. The highest BCUT2D eigenvalue weighted by atomic mass is 16.5. The fraction of sp³-hybridized carbons (Fsp3) is 0.647. The van der Waals surface area contributed by atoms with E-state index in [2.05, 4.69) is 37.4 Å². The van der Waals surface area contributed by atoms with Crippen molar-refractivity contribution in [3.05, 3.63) is 29.3 Å². The van der Waals surface area contributed by atoms with E-state index in [9.17, 15) is 0 Å². The number of methoxy groups -OCH3 is 1. The van der Waals surface area contributed by atoms with Gasteiger partial charge >= 0.3 is 0 Å². The van der Waals surface area contributed by atoms with Crippen molar-refractivity contribution < 1.29 is 9.47 Å². The molecule has 0 radical (unpaired) electrons. The normalized spacial score (nSPS) is 17.9. The van der Waals surface area contributed by atoms with Crippen LogP contribution >= 0.6 is 0 Å². The van der Waals surface area contributed by atoms with E-state index in [1.54, 1.807) is 7.11 Å². The first-order valence-electron chi connectivity index (χ1n) is 7.72. The van der Waals surface area contributed by atoms with Crippen molar-refractivity contribution in [1.29, 1.82) is 0 Å². The summed E-state index contributed by atoms with van der Waals surface area (Å²) in [6, 6.07) is 6.84. The Morgan fingerprint density at radius 2 is 2.10 bits per heavy atom. The lowest BCUT2D eigenvalue weighted by molar-refractivity contribution is 0.0533. The van der Waals surface area contributed by atoms with Gasteiger partial charge in [0.15, 0.2) is 0 Å². The topological polar surface area (TPSA) is 30.5 Å². The number of hydrogen-bond acceptors (Lipinski definition) is 3. The van der Waals surface area contributed by atoms with Crippen LogP contribution in [-0.2, 0) is 4.74 Å². The highest BCUT2D eigenvalue weighted by molar-refractivity contribution is 5.39. The summed E-state index contributed by atoms with van der Waals surface area (Å²) in [6.07, 6.45) is 3.39. The summed E-state index contributed by atoms with van der Waals surface area (Å²) in [6.45, 7) is 7.15. The zero-order valence-corrected chi connectivity index (χ0v) is 12.9. The number of hydrogen-bond donors (Lipinski definition) is 1. The van der Waals surface area contributed by atoms with Gasteiger partial charge in [0.1, 0.15) is 5.75 Å². The SMILES string of the molecule is CCCNC(c1cc(C)ccc1OC)C1CCOCC1. The van der Waals surface area contributed by atoms with Crippen LogP contribution in [0, 0.1) is 12.8 Å². The first-order valence-corrected chi connectivity index (χ1v) is 7.72. The summed E-state index contributed by atoms with van der Waals surface area (Å²) < 4.78 is 11.1. The van der Waals surface area contributed by atoms with Crippen molar-refractivity contribution in [2.45, 2.75) is 39.2 Å². The number of benzene rings is 1. The molecule has 0 amide bonds. The minimum atomic E-state index is 0.369. The molecule has 3 nitrogen and oxygen atoms in total. The van der Waals surface area contributed by atoms with Crippen LogP contribution in [0.25, 0.3) is 0 Å². The maximum atomic E-state index is 5.58. The van der Waals surface area contributed by atoms with Crippen LogP contribution in [0.2, 0.25) is 0 Å². The molecule has 1 aromatic rings. The lowest BCUT2D eigenvalue weighted by Gasteiger charge is -2.32. The lowest BCUT2D eigenvalue weighted by Crippen LogP contribution is -2.33. The molecule has 2 rings (SSSR count). The molecule has 0 bridgehead atoms. The molecule has 1 saturated heterocycles. The Bertz CT molecular complexity index is 413. The summed E-state index contributed by atoms with van der Waals surface area (Å²) in [4.78, 5) is 0. The van der Waals surface area contributed by atoms with Gasteiger partial charge < -0.3 is 14.8 Å². The number of aryl methyl sites for hydroxylation is 1. The van der Waals surface area contributed by atoms with Gasteiger partial charge in [-0.1, -0.05) is 24.6 Å². The number of rotatable bonds is 6. The van der Waals surface area contributed by atoms with Crippen LogP contribution in [0.5, 0.6) is 5.75 Å². The van der Waals surface area contributed by atoms with Crippen LogP contribution in [0.1, 0.15) is 43.4 Å². The fourth-order valence-corrected chi connectivity index (χ4v) is 2.98. The van der Waals surface area contributed by atoms with Gasteiger partial charge in [-0.05, 0) is 44.7 Å². The Kier molecular flexibility index (Phi) is 5.86. The minimum absolute atomic E-state index is 0.369. The molecular formula is C17H27NO2. The van der Waals surface area contributed by atoms with Gasteiger partial charge in [0, 0.05) is 24.8 Å². The van der Waals surface area contributed by atoms with E-state index >= 15 is 0 Å². The van der Waals surface area contributed by atoms with E-state index in [0.717, 1.165) is 44.8 Å². The van der Waals surface area contributed by atoms with Gasteiger partial charge in [-0.15, -0.1) is 0 Å². The molecule has 3 heteroatoms. The molecule has 1 fully saturated rings. The molecule has 1 aromatic carbocycles. The lowest BCUT2D eigenvalue weighted by atomic mass is 9.86. The molecule has 0 spiro atoms. The molecule has 1 aliphatic heterocycles. The van der Waals surface area contributed by atoms with Crippen molar-refractivity contribution in [2.75, 3.05) is 26.9 Å². The smallest absolute Gasteiger partial charge is 0.123 e. The van der Waals surface area contributed by atoms with Gasteiger partial charge in [-0.2, -0.15) is 0 Å². The molecule has 1 unspecified atom stereocenters. The molecule has 0 saturated carbocycles. The van der Waals surface area contributed by atoms with E-state index in [1.807, 2.05) is 0 Å². The van der Waals surface area contributed by atoms with Gasteiger partial charge in [-0.25, -0.2) is 0 Å². The fourth-order valence-electron chi connectivity index (χ4n) is 2.98. The summed E-state index contributed by atoms with van der Waals surface area (Å²) in [5, 5.41) is 3.72. The van der Waals surface area contributed by atoms with Crippen LogP contribution in [0.4, 0.5) is 0 Å². The van der Waals surface area contributed by atoms with Gasteiger partial charge in [0.2, 0.25) is 0 Å². The molecule has 20 heavy (non-hydrogen) atoms. The first-order chi connectivity index (χ1) is 9.76. The quantitative estimate of drug-likeness (QED) is 0.863. The highest BCUT2D eigenvalue weighted by Gasteiger charge is 2.27. The zero-order chi connectivity index (χ0) is 14.4. The minimum Gasteiger partial charge on any atom is -0.496 e. The molecule has 112 valence electrons. The van der Waals surface area contributed by atoms with Crippen LogP contribution in [0.15, 0.2) is 18.2 Å². The summed E-state index contributed by atoms with van der Waals surface area (Å²) in [5.74, 6) is 1.63. The second kappa shape index (κ2) is 7.65. The van der Waals surface area contributed by atoms with Crippen molar-refractivity contribution in [3.8, 4) is 5.75 Å². The Morgan fingerprint density at radius 3 is 2.75 bits per heavy atom.